The Morgan fingerprint density at radius 2 is 2.29 bits per heavy atom. The van der Waals surface area contributed by atoms with E-state index >= 15 is 0 Å². The van der Waals surface area contributed by atoms with Crippen LogP contribution >= 0.6 is 27.5 Å². The van der Waals surface area contributed by atoms with E-state index in [1.807, 2.05) is 12.1 Å². The van der Waals surface area contributed by atoms with E-state index in [0.29, 0.717) is 11.9 Å². The quantitative estimate of drug-likeness (QED) is 0.811. The average molecular weight is 277 g/mol. The third-order valence-electron chi connectivity index (χ3n) is 2.09. The molecular weight excluding hydrogens is 261 g/mol. The maximum absolute atomic E-state index is 5.66. The topological polar surface area (TPSA) is 12.0 Å². The Balaban J connectivity index is 2.37. The maximum atomic E-state index is 5.66. The van der Waals surface area contributed by atoms with E-state index in [4.69, 9.17) is 11.6 Å². The van der Waals surface area contributed by atoms with E-state index in [1.165, 1.54) is 5.56 Å². The Hall–Kier alpha value is -0.0500. The van der Waals surface area contributed by atoms with Crippen LogP contribution in [0.2, 0.25) is 0 Å². The van der Waals surface area contributed by atoms with Crippen LogP contribution < -0.4 is 5.32 Å². The zero-order valence-corrected chi connectivity index (χ0v) is 10.6. The van der Waals surface area contributed by atoms with Gasteiger partial charge in [0.2, 0.25) is 0 Å². The number of hydrogen-bond acceptors (Lipinski definition) is 1. The van der Waals surface area contributed by atoms with Gasteiger partial charge in [0.15, 0.2) is 0 Å². The van der Waals surface area contributed by atoms with Gasteiger partial charge in [0.25, 0.3) is 0 Å². The molecule has 78 valence electrons. The second-order valence-corrected chi connectivity index (χ2v) is 4.68. The fourth-order valence-corrected chi connectivity index (χ4v) is 1.98. The zero-order chi connectivity index (χ0) is 10.4. The van der Waals surface area contributed by atoms with Crippen molar-refractivity contribution in [2.75, 3.05) is 5.88 Å². The molecule has 1 atom stereocenters. The van der Waals surface area contributed by atoms with Crippen LogP contribution in [0.1, 0.15) is 18.9 Å². The second-order valence-electron chi connectivity index (χ2n) is 3.39. The first-order valence-corrected chi connectivity index (χ1v) is 6.09. The molecule has 0 fully saturated rings. The predicted octanol–water partition coefficient (Wildman–Crippen LogP) is 3.56. The Labute approximate surface area is 99.0 Å². The molecule has 1 rings (SSSR count). The van der Waals surface area contributed by atoms with Crippen LogP contribution in [0.3, 0.4) is 0 Å². The molecule has 3 heteroatoms. The highest BCUT2D eigenvalue weighted by atomic mass is 79.9. The molecule has 0 aliphatic carbocycles. The van der Waals surface area contributed by atoms with Crippen LogP contribution in [-0.2, 0) is 6.54 Å². The molecule has 0 aliphatic heterocycles. The predicted molar refractivity (Wildman–Crippen MR) is 65.8 cm³/mol. The lowest BCUT2D eigenvalue weighted by molar-refractivity contribution is 0.536. The molecule has 0 saturated carbocycles. The summed E-state index contributed by atoms with van der Waals surface area (Å²) in [6, 6.07) is 8.80. The SMILES string of the molecule is CC(CCCl)NCc1cccc(Br)c1. The fraction of sp³-hybridized carbons (Fsp3) is 0.455. The van der Waals surface area contributed by atoms with Crippen molar-refractivity contribution in [3.05, 3.63) is 34.3 Å². The van der Waals surface area contributed by atoms with Crippen molar-refractivity contribution in [1.82, 2.24) is 5.32 Å². The molecule has 1 N–H and O–H groups in total. The summed E-state index contributed by atoms with van der Waals surface area (Å²) >= 11 is 9.11. The van der Waals surface area contributed by atoms with Crippen LogP contribution in [0.25, 0.3) is 0 Å². The highest BCUT2D eigenvalue weighted by Crippen LogP contribution is 2.11. The summed E-state index contributed by atoms with van der Waals surface area (Å²) in [6.45, 7) is 3.05. The van der Waals surface area contributed by atoms with Crippen LogP contribution in [0.4, 0.5) is 0 Å². The minimum Gasteiger partial charge on any atom is -0.310 e. The third kappa shape index (κ3) is 4.45. The van der Waals surface area contributed by atoms with Crippen LogP contribution in [0.5, 0.6) is 0 Å². The van der Waals surface area contributed by atoms with Crippen molar-refractivity contribution in [2.24, 2.45) is 0 Å². The van der Waals surface area contributed by atoms with Gasteiger partial charge < -0.3 is 5.32 Å². The molecule has 14 heavy (non-hydrogen) atoms. The summed E-state index contributed by atoms with van der Waals surface area (Å²) in [5.74, 6) is 0.715. The van der Waals surface area contributed by atoms with E-state index < -0.39 is 0 Å². The lowest BCUT2D eigenvalue weighted by atomic mass is 10.2. The summed E-state index contributed by atoms with van der Waals surface area (Å²) in [4.78, 5) is 0. The molecule has 0 saturated heterocycles. The number of benzene rings is 1. The Bertz CT molecular complexity index is 278. The van der Waals surface area contributed by atoms with Gasteiger partial charge >= 0.3 is 0 Å². The van der Waals surface area contributed by atoms with Crippen LogP contribution in [0, 0.1) is 0 Å². The van der Waals surface area contributed by atoms with Gasteiger partial charge in [0.05, 0.1) is 0 Å². The second kappa shape index (κ2) is 6.44. The van der Waals surface area contributed by atoms with E-state index in [-0.39, 0.29) is 0 Å². The molecule has 1 unspecified atom stereocenters. The molecule has 0 spiro atoms. The van der Waals surface area contributed by atoms with Gasteiger partial charge in [-0.25, -0.2) is 0 Å². The van der Waals surface area contributed by atoms with Crippen molar-refractivity contribution >= 4 is 27.5 Å². The lowest BCUT2D eigenvalue weighted by Crippen LogP contribution is -2.25. The summed E-state index contributed by atoms with van der Waals surface area (Å²) in [7, 11) is 0. The minimum atomic E-state index is 0.478. The van der Waals surface area contributed by atoms with E-state index in [2.05, 4.69) is 40.3 Å². The van der Waals surface area contributed by atoms with E-state index in [1.54, 1.807) is 0 Å². The summed E-state index contributed by atoms with van der Waals surface area (Å²) in [6.07, 6.45) is 1.01. The molecule has 1 nitrogen and oxygen atoms in total. The first-order chi connectivity index (χ1) is 6.72. The third-order valence-corrected chi connectivity index (χ3v) is 2.80. The molecular formula is C11H15BrClN. The Kier molecular flexibility index (Phi) is 5.53. The normalized spacial score (nSPS) is 12.8. The number of hydrogen-bond donors (Lipinski definition) is 1. The van der Waals surface area contributed by atoms with Gasteiger partial charge in [-0.05, 0) is 31.0 Å². The molecule has 1 aromatic carbocycles. The first kappa shape index (κ1) is 12.0. The Morgan fingerprint density at radius 1 is 1.50 bits per heavy atom. The average Bonchev–Trinajstić information content (AvgIpc) is 2.15. The monoisotopic (exact) mass is 275 g/mol. The molecule has 0 aromatic heterocycles. The highest BCUT2D eigenvalue weighted by molar-refractivity contribution is 9.10. The van der Waals surface area contributed by atoms with Crippen molar-refractivity contribution in [1.29, 1.82) is 0 Å². The van der Waals surface area contributed by atoms with Crippen molar-refractivity contribution in [3.63, 3.8) is 0 Å². The molecule has 0 radical (unpaired) electrons. The molecule has 0 heterocycles. The number of alkyl halides is 1. The highest BCUT2D eigenvalue weighted by Gasteiger charge is 2.00. The molecule has 0 aliphatic rings. The molecule has 1 aromatic rings. The standard InChI is InChI=1S/C11H15BrClN/c1-9(5-6-13)14-8-10-3-2-4-11(12)7-10/h2-4,7,9,14H,5-6,8H2,1H3. The summed E-state index contributed by atoms with van der Waals surface area (Å²) < 4.78 is 1.13. The summed E-state index contributed by atoms with van der Waals surface area (Å²) in [5, 5.41) is 3.42. The number of halogens is 2. The smallest absolute Gasteiger partial charge is 0.0238 e. The minimum absolute atomic E-state index is 0.478. The van der Waals surface area contributed by atoms with Gasteiger partial charge in [-0.2, -0.15) is 0 Å². The number of rotatable bonds is 5. The Morgan fingerprint density at radius 3 is 2.93 bits per heavy atom. The lowest BCUT2D eigenvalue weighted by Gasteiger charge is -2.12. The van der Waals surface area contributed by atoms with Gasteiger partial charge in [-0.1, -0.05) is 28.1 Å². The van der Waals surface area contributed by atoms with E-state index in [9.17, 15) is 0 Å². The van der Waals surface area contributed by atoms with Gasteiger partial charge in [-0.3, -0.25) is 0 Å². The molecule has 0 bridgehead atoms. The van der Waals surface area contributed by atoms with Crippen molar-refractivity contribution in [2.45, 2.75) is 25.9 Å². The van der Waals surface area contributed by atoms with E-state index in [0.717, 1.165) is 17.4 Å². The zero-order valence-electron chi connectivity index (χ0n) is 8.26. The largest absolute Gasteiger partial charge is 0.310 e. The molecule has 0 amide bonds. The van der Waals surface area contributed by atoms with Crippen molar-refractivity contribution < 1.29 is 0 Å². The summed E-state index contributed by atoms with van der Waals surface area (Å²) in [5.41, 5.74) is 1.29. The first-order valence-electron chi connectivity index (χ1n) is 4.76. The van der Waals surface area contributed by atoms with Gasteiger partial charge in [-0.15, -0.1) is 11.6 Å². The maximum Gasteiger partial charge on any atom is 0.0238 e. The van der Waals surface area contributed by atoms with Gasteiger partial charge in [0.1, 0.15) is 0 Å². The van der Waals surface area contributed by atoms with Crippen LogP contribution in [-0.4, -0.2) is 11.9 Å². The van der Waals surface area contributed by atoms with Gasteiger partial charge in [0, 0.05) is 22.9 Å². The number of nitrogens with one attached hydrogen (secondary N) is 1. The fourth-order valence-electron chi connectivity index (χ4n) is 1.20. The van der Waals surface area contributed by atoms with Crippen LogP contribution in [0.15, 0.2) is 28.7 Å². The van der Waals surface area contributed by atoms with Crippen molar-refractivity contribution in [3.8, 4) is 0 Å².